The standard InChI is InChI=1S/C6H6N4/c7-4-1-5-6(8-2-4)10-3-9-5/h2-3H,1,7H2. The molecule has 0 aliphatic carbocycles. The second-order valence-corrected chi connectivity index (χ2v) is 2.15. The highest BCUT2D eigenvalue weighted by Gasteiger charge is 2.15. The van der Waals surface area contributed by atoms with Gasteiger partial charge in [0.1, 0.15) is 6.34 Å². The molecule has 0 spiro atoms. The van der Waals surface area contributed by atoms with Crippen molar-refractivity contribution in [2.45, 2.75) is 6.42 Å². The monoisotopic (exact) mass is 134 g/mol. The van der Waals surface area contributed by atoms with E-state index in [0.29, 0.717) is 12.3 Å². The Balaban J connectivity index is 2.42. The lowest BCUT2D eigenvalue weighted by molar-refractivity contribution is 1.17. The summed E-state index contributed by atoms with van der Waals surface area (Å²) in [6, 6.07) is 0. The van der Waals surface area contributed by atoms with Gasteiger partial charge in [0.15, 0.2) is 5.84 Å². The van der Waals surface area contributed by atoms with Gasteiger partial charge in [0, 0.05) is 18.3 Å². The molecule has 0 bridgehead atoms. The van der Waals surface area contributed by atoms with Crippen molar-refractivity contribution in [3.8, 4) is 0 Å². The minimum absolute atomic E-state index is 0.679. The Labute approximate surface area is 57.9 Å². The summed E-state index contributed by atoms with van der Waals surface area (Å²) in [7, 11) is 0. The van der Waals surface area contributed by atoms with Crippen LogP contribution in [0.15, 0.2) is 26.9 Å². The van der Waals surface area contributed by atoms with Gasteiger partial charge in [-0.25, -0.2) is 15.0 Å². The van der Waals surface area contributed by atoms with Crippen LogP contribution in [0.1, 0.15) is 6.42 Å². The average Bonchev–Trinajstić information content (AvgIpc) is 2.33. The van der Waals surface area contributed by atoms with Gasteiger partial charge in [-0.2, -0.15) is 0 Å². The number of hydrogen-bond acceptors (Lipinski definition) is 4. The first-order valence-corrected chi connectivity index (χ1v) is 2.98. The number of amidine groups is 1. The quantitative estimate of drug-likeness (QED) is 0.500. The van der Waals surface area contributed by atoms with Gasteiger partial charge in [0.25, 0.3) is 0 Å². The van der Waals surface area contributed by atoms with E-state index >= 15 is 0 Å². The van der Waals surface area contributed by atoms with Gasteiger partial charge in [-0.1, -0.05) is 0 Å². The first-order valence-electron chi connectivity index (χ1n) is 2.98. The molecule has 0 saturated heterocycles. The molecule has 0 atom stereocenters. The first-order chi connectivity index (χ1) is 4.86. The summed E-state index contributed by atoms with van der Waals surface area (Å²) in [6.07, 6.45) is 3.80. The van der Waals surface area contributed by atoms with Crippen molar-refractivity contribution in [1.29, 1.82) is 0 Å². The third kappa shape index (κ3) is 0.655. The highest BCUT2D eigenvalue weighted by Crippen LogP contribution is 2.09. The fourth-order valence-electron chi connectivity index (χ4n) is 0.901. The van der Waals surface area contributed by atoms with Gasteiger partial charge < -0.3 is 5.73 Å². The van der Waals surface area contributed by atoms with Gasteiger partial charge in [-0.3, -0.25) is 0 Å². The second-order valence-electron chi connectivity index (χ2n) is 2.15. The molecule has 2 N–H and O–H groups in total. The van der Waals surface area contributed by atoms with E-state index in [1.165, 1.54) is 6.34 Å². The minimum atomic E-state index is 0.679. The molecule has 2 heterocycles. The third-order valence-corrected chi connectivity index (χ3v) is 1.38. The molecule has 2 rings (SSSR count). The molecule has 4 heteroatoms. The van der Waals surface area contributed by atoms with Crippen molar-refractivity contribution >= 4 is 17.9 Å². The molecule has 0 saturated carbocycles. The summed E-state index contributed by atoms with van der Waals surface area (Å²) in [5.41, 5.74) is 7.13. The van der Waals surface area contributed by atoms with Crippen LogP contribution in [0, 0.1) is 0 Å². The summed E-state index contributed by atoms with van der Waals surface area (Å²) >= 11 is 0. The maximum absolute atomic E-state index is 5.51. The van der Waals surface area contributed by atoms with Crippen molar-refractivity contribution < 1.29 is 0 Å². The van der Waals surface area contributed by atoms with Crippen LogP contribution in [0.4, 0.5) is 0 Å². The molecule has 2 aliphatic heterocycles. The molecule has 10 heavy (non-hydrogen) atoms. The molecule has 0 radical (unpaired) electrons. The van der Waals surface area contributed by atoms with E-state index in [2.05, 4.69) is 15.0 Å². The van der Waals surface area contributed by atoms with E-state index in [1.807, 2.05) is 0 Å². The fourth-order valence-corrected chi connectivity index (χ4v) is 0.901. The second kappa shape index (κ2) is 1.76. The van der Waals surface area contributed by atoms with Crippen LogP contribution in [-0.2, 0) is 0 Å². The molecule has 0 aromatic heterocycles. The summed E-state index contributed by atoms with van der Waals surface area (Å²) in [5, 5.41) is 0. The van der Waals surface area contributed by atoms with Gasteiger partial charge in [0.2, 0.25) is 0 Å². The van der Waals surface area contributed by atoms with Crippen molar-refractivity contribution in [3.63, 3.8) is 0 Å². The van der Waals surface area contributed by atoms with Crippen molar-refractivity contribution in [3.05, 3.63) is 11.9 Å². The number of nitrogens with zero attached hydrogens (tertiary/aromatic N) is 3. The number of nitrogens with two attached hydrogens (primary N) is 1. The molecule has 0 aromatic carbocycles. The van der Waals surface area contributed by atoms with Crippen LogP contribution in [0.5, 0.6) is 0 Å². The average molecular weight is 134 g/mol. The smallest absolute Gasteiger partial charge is 0.175 e. The minimum Gasteiger partial charge on any atom is -0.400 e. The predicted octanol–water partition coefficient (Wildman–Crippen LogP) is 0.0716. The van der Waals surface area contributed by atoms with Crippen LogP contribution in [0.3, 0.4) is 0 Å². The Morgan fingerprint density at radius 1 is 1.40 bits per heavy atom. The molecular weight excluding hydrogens is 128 g/mol. The SMILES string of the molecule is NC1=CN=C2N=CN=C2C1. The number of fused-ring (bicyclic) bond motifs is 1. The molecule has 0 amide bonds. The van der Waals surface area contributed by atoms with E-state index in [4.69, 9.17) is 5.73 Å². The first kappa shape index (κ1) is 5.34. The van der Waals surface area contributed by atoms with Crippen molar-refractivity contribution in [2.24, 2.45) is 20.7 Å². The number of hydrogen-bond donors (Lipinski definition) is 1. The molecule has 2 aliphatic rings. The number of allylic oxidation sites excluding steroid dienone is 1. The van der Waals surface area contributed by atoms with Crippen LogP contribution < -0.4 is 5.73 Å². The zero-order valence-corrected chi connectivity index (χ0v) is 5.28. The molecule has 4 nitrogen and oxygen atoms in total. The Morgan fingerprint density at radius 2 is 2.30 bits per heavy atom. The van der Waals surface area contributed by atoms with Crippen LogP contribution >= 0.6 is 0 Å². The lowest BCUT2D eigenvalue weighted by atomic mass is 10.2. The Bertz CT molecular complexity index is 282. The highest BCUT2D eigenvalue weighted by molar-refractivity contribution is 6.47. The molecule has 0 fully saturated rings. The van der Waals surface area contributed by atoms with Crippen LogP contribution in [0.25, 0.3) is 0 Å². The summed E-state index contributed by atoms with van der Waals surface area (Å²) < 4.78 is 0. The highest BCUT2D eigenvalue weighted by atomic mass is 15.0. The largest absolute Gasteiger partial charge is 0.400 e. The summed E-state index contributed by atoms with van der Waals surface area (Å²) in [5.74, 6) is 0.703. The van der Waals surface area contributed by atoms with Gasteiger partial charge in [-0.05, 0) is 0 Å². The topological polar surface area (TPSA) is 63.1 Å². The molecule has 50 valence electrons. The van der Waals surface area contributed by atoms with Gasteiger partial charge in [-0.15, -0.1) is 0 Å². The fraction of sp³-hybridized carbons (Fsp3) is 0.167. The third-order valence-electron chi connectivity index (χ3n) is 1.38. The summed E-state index contributed by atoms with van der Waals surface area (Å²) in [4.78, 5) is 11.9. The van der Waals surface area contributed by atoms with Crippen LogP contribution in [-0.4, -0.2) is 17.9 Å². The van der Waals surface area contributed by atoms with E-state index in [1.54, 1.807) is 6.20 Å². The normalized spacial score (nSPS) is 21.4. The molecule has 0 aromatic rings. The Kier molecular flexibility index (Phi) is 0.943. The van der Waals surface area contributed by atoms with Crippen LogP contribution in [0.2, 0.25) is 0 Å². The molecular formula is C6H6N4. The van der Waals surface area contributed by atoms with Crippen molar-refractivity contribution in [1.82, 2.24) is 0 Å². The number of rotatable bonds is 0. The molecule has 0 unspecified atom stereocenters. The van der Waals surface area contributed by atoms with E-state index < -0.39 is 0 Å². The lowest BCUT2D eigenvalue weighted by Gasteiger charge is -2.04. The lowest BCUT2D eigenvalue weighted by Crippen LogP contribution is -2.16. The van der Waals surface area contributed by atoms with Gasteiger partial charge >= 0.3 is 0 Å². The van der Waals surface area contributed by atoms with E-state index in [-0.39, 0.29) is 0 Å². The Morgan fingerprint density at radius 3 is 3.20 bits per heavy atom. The zero-order chi connectivity index (χ0) is 6.97. The predicted molar refractivity (Wildman–Crippen MR) is 40.2 cm³/mol. The summed E-state index contributed by atoms with van der Waals surface area (Å²) in [6.45, 7) is 0. The van der Waals surface area contributed by atoms with Crippen molar-refractivity contribution in [2.75, 3.05) is 0 Å². The Hall–Kier alpha value is -1.45. The maximum Gasteiger partial charge on any atom is 0.175 e. The maximum atomic E-state index is 5.51. The van der Waals surface area contributed by atoms with E-state index in [0.717, 1.165) is 11.4 Å². The van der Waals surface area contributed by atoms with Gasteiger partial charge in [0.05, 0.1) is 5.71 Å². The zero-order valence-electron chi connectivity index (χ0n) is 5.28. The number of aliphatic imine (C=N–C) groups is 3. The van der Waals surface area contributed by atoms with E-state index in [9.17, 15) is 0 Å².